The molecule has 1 saturated heterocycles. The minimum Gasteiger partial charge on any atom is -0.339 e. The second kappa shape index (κ2) is 7.72. The van der Waals surface area contributed by atoms with Crippen LogP contribution in [0.25, 0.3) is 11.4 Å². The van der Waals surface area contributed by atoms with Crippen LogP contribution in [0.4, 0.5) is 0 Å². The molecule has 1 aliphatic heterocycles. The Hall–Kier alpha value is -2.51. The quantitative estimate of drug-likeness (QED) is 0.642. The number of hydrogen-bond donors (Lipinski definition) is 0. The summed E-state index contributed by atoms with van der Waals surface area (Å²) in [5, 5.41) is 4.12. The Morgan fingerprint density at radius 1 is 1.07 bits per heavy atom. The van der Waals surface area contributed by atoms with Crippen molar-refractivity contribution >= 4 is 10.0 Å². The molecule has 0 bridgehead atoms. The summed E-state index contributed by atoms with van der Waals surface area (Å²) >= 11 is 0. The molecule has 4 rings (SSSR count). The molecular formula is C22H25N3O3S. The second-order valence-electron chi connectivity index (χ2n) is 7.77. The van der Waals surface area contributed by atoms with Gasteiger partial charge in [0.1, 0.15) is 0 Å². The SMILES string of the molecule is Cc1cccc(-c2noc([C@H]3CCCN(S(=O)(=O)c4ccc(C)c(C)c4)C3)n2)c1. The molecule has 152 valence electrons. The van der Waals surface area contributed by atoms with Gasteiger partial charge in [0.05, 0.1) is 10.8 Å². The van der Waals surface area contributed by atoms with Gasteiger partial charge in [0.2, 0.25) is 21.7 Å². The normalized spacial score (nSPS) is 18.1. The van der Waals surface area contributed by atoms with Crippen molar-refractivity contribution in [3.8, 4) is 11.4 Å². The number of rotatable bonds is 4. The Morgan fingerprint density at radius 3 is 2.66 bits per heavy atom. The van der Waals surface area contributed by atoms with E-state index in [1.54, 1.807) is 16.4 Å². The molecule has 29 heavy (non-hydrogen) atoms. The van der Waals surface area contributed by atoms with Crippen LogP contribution in [-0.2, 0) is 10.0 Å². The third-order valence-corrected chi connectivity index (χ3v) is 7.43. The first-order chi connectivity index (χ1) is 13.8. The first-order valence-corrected chi connectivity index (χ1v) is 11.3. The summed E-state index contributed by atoms with van der Waals surface area (Å²) in [7, 11) is -3.55. The summed E-state index contributed by atoms with van der Waals surface area (Å²) in [6, 6.07) is 13.2. The summed E-state index contributed by atoms with van der Waals surface area (Å²) in [6.07, 6.45) is 1.59. The fraction of sp³-hybridized carbons (Fsp3) is 0.364. The lowest BCUT2D eigenvalue weighted by atomic mass is 10.00. The fourth-order valence-electron chi connectivity index (χ4n) is 3.69. The lowest BCUT2D eigenvalue weighted by Crippen LogP contribution is -2.39. The summed E-state index contributed by atoms with van der Waals surface area (Å²) in [5.74, 6) is 0.940. The zero-order chi connectivity index (χ0) is 20.6. The highest BCUT2D eigenvalue weighted by molar-refractivity contribution is 7.89. The summed E-state index contributed by atoms with van der Waals surface area (Å²) in [6.45, 7) is 6.78. The Kier molecular flexibility index (Phi) is 5.27. The van der Waals surface area contributed by atoms with Gasteiger partial charge in [-0.25, -0.2) is 8.42 Å². The standard InChI is InChI=1S/C22H25N3O3S/c1-15-6-4-7-18(12-15)21-23-22(28-24-21)19-8-5-11-25(14-19)29(26,27)20-10-9-16(2)17(3)13-20/h4,6-7,9-10,12-13,19H,5,8,11,14H2,1-3H3/t19-/m0/s1. The summed E-state index contributed by atoms with van der Waals surface area (Å²) < 4.78 is 33.4. The highest BCUT2D eigenvalue weighted by Gasteiger charge is 2.33. The molecule has 0 radical (unpaired) electrons. The lowest BCUT2D eigenvalue weighted by molar-refractivity contribution is 0.265. The third-order valence-electron chi connectivity index (χ3n) is 5.57. The van der Waals surface area contributed by atoms with Gasteiger partial charge in [-0.05, 0) is 62.9 Å². The monoisotopic (exact) mass is 411 g/mol. The number of nitrogens with zero attached hydrogens (tertiary/aromatic N) is 3. The second-order valence-corrected chi connectivity index (χ2v) is 9.71. The highest BCUT2D eigenvalue weighted by Crippen LogP contribution is 2.31. The molecule has 0 amide bonds. The van der Waals surface area contributed by atoms with Gasteiger partial charge in [0.25, 0.3) is 0 Å². The minimum atomic E-state index is -3.55. The van der Waals surface area contributed by atoms with Gasteiger partial charge >= 0.3 is 0 Å². The maximum Gasteiger partial charge on any atom is 0.243 e. The first-order valence-electron chi connectivity index (χ1n) is 9.82. The zero-order valence-corrected chi connectivity index (χ0v) is 17.7. The van der Waals surface area contributed by atoms with Crippen molar-refractivity contribution < 1.29 is 12.9 Å². The molecule has 0 aliphatic carbocycles. The van der Waals surface area contributed by atoms with Crippen LogP contribution >= 0.6 is 0 Å². The van der Waals surface area contributed by atoms with Gasteiger partial charge in [-0.2, -0.15) is 9.29 Å². The molecule has 6 nitrogen and oxygen atoms in total. The predicted molar refractivity (Wildman–Crippen MR) is 111 cm³/mol. The molecule has 1 aliphatic rings. The lowest BCUT2D eigenvalue weighted by Gasteiger charge is -2.30. The number of hydrogen-bond acceptors (Lipinski definition) is 5. The van der Waals surface area contributed by atoms with E-state index in [0.29, 0.717) is 29.7 Å². The molecule has 0 saturated carbocycles. The van der Waals surface area contributed by atoms with Crippen molar-refractivity contribution in [1.29, 1.82) is 0 Å². The molecule has 0 spiro atoms. The average molecular weight is 412 g/mol. The maximum absolute atomic E-state index is 13.2. The first kappa shape index (κ1) is 19.8. The van der Waals surface area contributed by atoms with Crippen LogP contribution in [0.2, 0.25) is 0 Å². The molecule has 3 aromatic rings. The molecule has 2 heterocycles. The predicted octanol–water partition coefficient (Wildman–Crippen LogP) is 4.23. The van der Waals surface area contributed by atoms with E-state index >= 15 is 0 Å². The Morgan fingerprint density at radius 2 is 1.90 bits per heavy atom. The van der Waals surface area contributed by atoms with Crippen LogP contribution in [0.3, 0.4) is 0 Å². The minimum absolute atomic E-state index is 0.101. The van der Waals surface area contributed by atoms with Crippen molar-refractivity contribution in [1.82, 2.24) is 14.4 Å². The fourth-order valence-corrected chi connectivity index (χ4v) is 5.30. The van der Waals surface area contributed by atoms with Gasteiger partial charge in [-0.3, -0.25) is 0 Å². The molecule has 7 heteroatoms. The average Bonchev–Trinajstić information content (AvgIpc) is 3.20. The number of piperidine rings is 1. The van der Waals surface area contributed by atoms with E-state index in [0.717, 1.165) is 35.1 Å². The Bertz CT molecular complexity index is 1140. The van der Waals surface area contributed by atoms with E-state index in [1.807, 2.05) is 51.1 Å². The van der Waals surface area contributed by atoms with Gasteiger partial charge < -0.3 is 4.52 Å². The Labute approximate surface area is 171 Å². The molecular weight excluding hydrogens is 386 g/mol. The van der Waals surface area contributed by atoms with Gasteiger partial charge in [-0.1, -0.05) is 35.0 Å². The Balaban J connectivity index is 1.56. The van der Waals surface area contributed by atoms with Crippen LogP contribution < -0.4 is 0 Å². The van der Waals surface area contributed by atoms with E-state index in [1.165, 1.54) is 0 Å². The van der Waals surface area contributed by atoms with E-state index in [-0.39, 0.29) is 5.92 Å². The largest absolute Gasteiger partial charge is 0.339 e. The molecule has 1 aromatic heterocycles. The van der Waals surface area contributed by atoms with E-state index in [4.69, 9.17) is 4.52 Å². The molecule has 0 unspecified atom stereocenters. The van der Waals surface area contributed by atoms with Crippen LogP contribution in [0, 0.1) is 20.8 Å². The third kappa shape index (κ3) is 3.97. The highest BCUT2D eigenvalue weighted by atomic mass is 32.2. The van der Waals surface area contributed by atoms with Crippen LogP contribution in [0.15, 0.2) is 51.9 Å². The van der Waals surface area contributed by atoms with Gasteiger partial charge in [0, 0.05) is 18.7 Å². The number of aryl methyl sites for hydroxylation is 3. The van der Waals surface area contributed by atoms with Crippen molar-refractivity contribution in [2.24, 2.45) is 0 Å². The molecule has 2 aromatic carbocycles. The zero-order valence-electron chi connectivity index (χ0n) is 16.9. The van der Waals surface area contributed by atoms with Gasteiger partial charge in [0.15, 0.2) is 0 Å². The van der Waals surface area contributed by atoms with Crippen molar-refractivity contribution in [3.05, 3.63) is 65.0 Å². The van der Waals surface area contributed by atoms with Gasteiger partial charge in [-0.15, -0.1) is 0 Å². The maximum atomic E-state index is 13.2. The molecule has 1 fully saturated rings. The summed E-state index contributed by atoms with van der Waals surface area (Å²) in [5.41, 5.74) is 4.07. The van der Waals surface area contributed by atoms with Crippen molar-refractivity contribution in [2.45, 2.75) is 44.4 Å². The van der Waals surface area contributed by atoms with Crippen LogP contribution in [-0.4, -0.2) is 36.0 Å². The topological polar surface area (TPSA) is 76.3 Å². The van der Waals surface area contributed by atoms with E-state index in [9.17, 15) is 8.42 Å². The van der Waals surface area contributed by atoms with Crippen LogP contribution in [0.1, 0.15) is 41.3 Å². The van der Waals surface area contributed by atoms with Crippen molar-refractivity contribution in [3.63, 3.8) is 0 Å². The van der Waals surface area contributed by atoms with E-state index in [2.05, 4.69) is 10.1 Å². The smallest absolute Gasteiger partial charge is 0.243 e. The number of benzene rings is 2. The number of sulfonamides is 1. The van der Waals surface area contributed by atoms with Crippen molar-refractivity contribution in [2.75, 3.05) is 13.1 Å². The van der Waals surface area contributed by atoms with Crippen LogP contribution in [0.5, 0.6) is 0 Å². The molecule has 0 N–H and O–H groups in total. The summed E-state index contributed by atoms with van der Waals surface area (Å²) in [4.78, 5) is 4.90. The molecule has 1 atom stereocenters. The number of aromatic nitrogens is 2. The van der Waals surface area contributed by atoms with E-state index < -0.39 is 10.0 Å².